The van der Waals surface area contributed by atoms with E-state index in [1.54, 1.807) is 0 Å². The third kappa shape index (κ3) is 6.47. The van der Waals surface area contributed by atoms with Crippen LogP contribution in [-0.2, 0) is 36.1 Å². The molecule has 1 fully saturated rings. The van der Waals surface area contributed by atoms with Gasteiger partial charge in [-0.3, -0.25) is 19.0 Å². The zero-order valence-electron chi connectivity index (χ0n) is 19.7. The fourth-order valence-corrected chi connectivity index (χ4v) is 6.85. The van der Waals surface area contributed by atoms with Crippen LogP contribution >= 0.6 is 34.9 Å². The highest BCUT2D eigenvalue weighted by molar-refractivity contribution is 8.01. The molecule has 0 aromatic carbocycles. The molecule has 1 saturated heterocycles. The molecule has 4 heterocycles. The number of nitrogens with zero attached hydrogens (tertiary/aromatic N) is 7. The molecule has 0 unspecified atom stereocenters. The molecule has 39 heavy (non-hydrogen) atoms. The second kappa shape index (κ2) is 11.8. The molecule has 2 aromatic rings. The highest BCUT2D eigenvalue weighted by atomic mass is 32.2. The van der Waals surface area contributed by atoms with Crippen molar-refractivity contribution in [3.63, 3.8) is 0 Å². The van der Waals surface area contributed by atoms with Gasteiger partial charge in [-0.15, -0.1) is 28.2 Å². The molecule has 0 bridgehead atoms. The van der Waals surface area contributed by atoms with E-state index in [9.17, 15) is 27.9 Å². The first-order chi connectivity index (χ1) is 18.5. The molecule has 6 N–H and O–H groups in total. The predicted octanol–water partition coefficient (Wildman–Crippen LogP) is -2.01. The van der Waals surface area contributed by atoms with Gasteiger partial charge in [0.25, 0.3) is 11.8 Å². The lowest BCUT2D eigenvalue weighted by Gasteiger charge is -2.49. The third-order valence-electron chi connectivity index (χ3n) is 5.18. The van der Waals surface area contributed by atoms with Gasteiger partial charge in [-0.1, -0.05) is 16.9 Å². The summed E-state index contributed by atoms with van der Waals surface area (Å²) >= 11 is 3.45. The topological polar surface area (TPSA) is 257 Å². The second-order valence-electron chi connectivity index (χ2n) is 7.65. The van der Waals surface area contributed by atoms with E-state index < -0.39 is 39.5 Å². The fraction of sp³-hybridized carbons (Fsp3) is 0.412. The number of thiazole rings is 1. The number of tetrazole rings is 1. The summed E-state index contributed by atoms with van der Waals surface area (Å²) in [6.45, 7) is -0.176. The number of amides is 2. The van der Waals surface area contributed by atoms with Gasteiger partial charge in [0, 0.05) is 23.4 Å². The second-order valence-corrected chi connectivity index (χ2v) is 11.8. The number of rotatable bonds is 12. The molecule has 0 saturated carbocycles. The molecule has 2 amide bonds. The largest absolute Gasteiger partial charge is 0.477 e. The monoisotopic (exact) mass is 620 g/mol. The molecule has 0 aliphatic carbocycles. The SMILES string of the molecule is CO/N=C(\C(=O)N[C@@H]1C(=O)N2C(C(=O)O)=C(CSc3nnnn3CCNS(=O)(=O)O)CS[C@H]12)c1csc(N)n1. The standard InChI is InChI=1S/C17H20N10O8S4/c1-35-23-9(8-6-37-16(18)20-8)12(28)21-10-13(29)27-11(15(30)31)7(4-36-14(10)27)5-38-17-22-24-25-26(17)3-2-19-39(32,33)34/h6,10,14,19H,2-5H2,1H3,(H2,18,20)(H,21,28)(H,30,31)(H,32,33,34)/b23-9-/t10-,14-/m1/s1. The van der Waals surface area contributed by atoms with Crippen LogP contribution in [0.1, 0.15) is 5.69 Å². The first kappa shape index (κ1) is 28.7. The number of oxime groups is 1. The van der Waals surface area contributed by atoms with Crippen molar-refractivity contribution in [1.29, 1.82) is 0 Å². The van der Waals surface area contributed by atoms with Crippen LogP contribution in [0.5, 0.6) is 0 Å². The summed E-state index contributed by atoms with van der Waals surface area (Å²) in [4.78, 5) is 47.8. The molecule has 2 aromatic heterocycles. The smallest absolute Gasteiger partial charge is 0.352 e. The Balaban J connectivity index is 1.44. The van der Waals surface area contributed by atoms with Gasteiger partial charge < -0.3 is 21.0 Å². The van der Waals surface area contributed by atoms with E-state index in [1.807, 2.05) is 4.72 Å². The zero-order valence-corrected chi connectivity index (χ0v) is 23.0. The number of β-lactam (4-membered cyclic amide) rings is 1. The Hall–Kier alpha value is -3.31. The van der Waals surface area contributed by atoms with Crippen LogP contribution < -0.4 is 15.8 Å². The minimum Gasteiger partial charge on any atom is -0.477 e. The number of thioether (sulfide) groups is 2. The maximum absolute atomic E-state index is 13.0. The van der Waals surface area contributed by atoms with Gasteiger partial charge in [-0.05, 0) is 16.0 Å². The number of hydrogen-bond acceptors (Lipinski definition) is 15. The molecule has 4 rings (SSSR count). The number of nitrogen functional groups attached to an aromatic ring is 1. The van der Waals surface area contributed by atoms with Gasteiger partial charge in [0.05, 0.1) is 6.54 Å². The van der Waals surface area contributed by atoms with Gasteiger partial charge in [0.1, 0.15) is 29.9 Å². The lowest BCUT2D eigenvalue weighted by molar-refractivity contribution is -0.150. The van der Waals surface area contributed by atoms with Crippen molar-refractivity contribution in [3.05, 3.63) is 22.3 Å². The number of aliphatic carboxylic acids is 1. The Kier molecular flexibility index (Phi) is 8.70. The van der Waals surface area contributed by atoms with Crippen LogP contribution in [0.4, 0.5) is 5.13 Å². The normalized spacial score (nSPS) is 19.5. The van der Waals surface area contributed by atoms with Crippen LogP contribution in [0.15, 0.2) is 27.0 Å². The van der Waals surface area contributed by atoms with Gasteiger partial charge in [0.2, 0.25) is 5.16 Å². The van der Waals surface area contributed by atoms with Crippen molar-refractivity contribution in [3.8, 4) is 0 Å². The van der Waals surface area contributed by atoms with Crippen LogP contribution in [0.3, 0.4) is 0 Å². The van der Waals surface area contributed by atoms with E-state index in [4.69, 9.17) is 15.1 Å². The summed E-state index contributed by atoms with van der Waals surface area (Å²) in [5, 5.41) is 28.6. The highest BCUT2D eigenvalue weighted by Gasteiger charge is 2.54. The average molecular weight is 621 g/mol. The molecule has 2 aliphatic heterocycles. The van der Waals surface area contributed by atoms with Crippen molar-refractivity contribution in [2.45, 2.75) is 23.1 Å². The van der Waals surface area contributed by atoms with Crippen LogP contribution in [0.2, 0.25) is 0 Å². The van der Waals surface area contributed by atoms with Gasteiger partial charge in [-0.2, -0.15) is 13.1 Å². The summed E-state index contributed by atoms with van der Waals surface area (Å²) in [6, 6.07) is -1.01. The van der Waals surface area contributed by atoms with E-state index >= 15 is 0 Å². The first-order valence-electron chi connectivity index (χ1n) is 10.6. The molecule has 18 nitrogen and oxygen atoms in total. The Morgan fingerprint density at radius 3 is 2.82 bits per heavy atom. The number of carbonyl (C=O) groups excluding carboxylic acids is 2. The van der Waals surface area contributed by atoms with E-state index in [2.05, 4.69) is 31.0 Å². The number of nitrogens with two attached hydrogens (primary N) is 1. The number of fused-ring (bicyclic) bond motifs is 1. The Bertz CT molecular complexity index is 1450. The van der Waals surface area contributed by atoms with Crippen LogP contribution in [0.25, 0.3) is 0 Å². The Morgan fingerprint density at radius 1 is 1.41 bits per heavy atom. The molecule has 210 valence electrons. The molecule has 2 atom stereocenters. The van der Waals surface area contributed by atoms with Gasteiger partial charge in [0.15, 0.2) is 10.8 Å². The van der Waals surface area contributed by atoms with Gasteiger partial charge >= 0.3 is 16.3 Å². The van der Waals surface area contributed by atoms with E-state index in [-0.39, 0.29) is 52.0 Å². The molecular weight excluding hydrogens is 601 g/mol. The number of nitrogens with one attached hydrogen (secondary N) is 2. The minimum atomic E-state index is -4.38. The maximum Gasteiger partial charge on any atom is 0.352 e. The van der Waals surface area contributed by atoms with E-state index in [0.717, 1.165) is 28.0 Å². The number of carboxylic acid groups (broad SMARTS) is 1. The third-order valence-corrected chi connectivity index (χ3v) is 8.81. The number of carboxylic acids is 1. The summed E-state index contributed by atoms with van der Waals surface area (Å²) in [5.41, 5.74) is 5.83. The molecule has 0 radical (unpaired) electrons. The number of hydrogen-bond donors (Lipinski definition) is 5. The Labute approximate surface area is 232 Å². The number of carbonyl (C=O) groups is 3. The van der Waals surface area contributed by atoms with Gasteiger partial charge in [-0.25, -0.2) is 14.5 Å². The van der Waals surface area contributed by atoms with E-state index in [0.29, 0.717) is 5.57 Å². The molecule has 22 heteroatoms. The predicted molar refractivity (Wildman–Crippen MR) is 138 cm³/mol. The number of aromatic nitrogens is 5. The van der Waals surface area contributed by atoms with Crippen LogP contribution in [0, 0.1) is 0 Å². The van der Waals surface area contributed by atoms with Crippen molar-refractivity contribution in [2.75, 3.05) is 30.9 Å². The maximum atomic E-state index is 13.0. The summed E-state index contributed by atoms with van der Waals surface area (Å²) in [5.74, 6) is -2.31. The van der Waals surface area contributed by atoms with Crippen LogP contribution in [-0.4, -0.2) is 108 Å². The quantitative estimate of drug-likeness (QED) is 0.0564. The lowest BCUT2D eigenvalue weighted by atomic mass is 10.0. The summed E-state index contributed by atoms with van der Waals surface area (Å²) in [6.07, 6.45) is 0. The lowest BCUT2D eigenvalue weighted by Crippen LogP contribution is -2.71. The Morgan fingerprint density at radius 2 is 2.18 bits per heavy atom. The zero-order chi connectivity index (χ0) is 28.3. The molecular formula is C17H20N10O8S4. The summed E-state index contributed by atoms with van der Waals surface area (Å²) in [7, 11) is -3.13. The first-order valence-corrected chi connectivity index (χ1v) is 15.0. The highest BCUT2D eigenvalue weighted by Crippen LogP contribution is 2.41. The molecule has 2 aliphatic rings. The molecule has 0 spiro atoms. The van der Waals surface area contributed by atoms with Crippen molar-refractivity contribution in [1.82, 2.24) is 40.1 Å². The number of anilines is 1. The van der Waals surface area contributed by atoms with Crippen molar-refractivity contribution in [2.24, 2.45) is 5.16 Å². The average Bonchev–Trinajstić information content (AvgIpc) is 3.51. The fourth-order valence-electron chi connectivity index (χ4n) is 3.57. The van der Waals surface area contributed by atoms with Crippen molar-refractivity contribution < 1.29 is 37.3 Å². The van der Waals surface area contributed by atoms with Crippen molar-refractivity contribution >= 4 is 73.8 Å². The van der Waals surface area contributed by atoms with E-state index in [1.165, 1.54) is 28.9 Å². The minimum absolute atomic E-state index is 0.00459. The summed E-state index contributed by atoms with van der Waals surface area (Å²) < 4.78 is 33.6.